The summed E-state index contributed by atoms with van der Waals surface area (Å²) in [5.74, 6) is 0.937. The summed E-state index contributed by atoms with van der Waals surface area (Å²) in [6.07, 6.45) is 0. The molecule has 3 nitrogen and oxygen atoms in total. The molecule has 0 radical (unpaired) electrons. The number of ether oxygens (including phenoxy) is 1. The first-order valence-electron chi connectivity index (χ1n) is 8.11. The van der Waals surface area contributed by atoms with Gasteiger partial charge in [-0.1, -0.05) is 11.6 Å². The summed E-state index contributed by atoms with van der Waals surface area (Å²) in [5.41, 5.74) is 2.48. The number of halogens is 1. The van der Waals surface area contributed by atoms with Gasteiger partial charge in [0.05, 0.1) is 12.6 Å². The Balaban J connectivity index is 2.05. The molecule has 23 heavy (non-hydrogen) atoms. The zero-order valence-corrected chi connectivity index (χ0v) is 15.2. The molecule has 2 heterocycles. The molecule has 0 saturated carbocycles. The Bertz CT molecular complexity index is 652. The van der Waals surface area contributed by atoms with Crippen LogP contribution < -0.4 is 10.1 Å². The number of nitrogens with zero attached hydrogens (tertiary/aromatic N) is 1. The second kappa shape index (κ2) is 7.67. The Morgan fingerprint density at radius 2 is 2.09 bits per heavy atom. The molecule has 124 valence electrons. The number of thiophene rings is 1. The van der Waals surface area contributed by atoms with Gasteiger partial charge in [-0.05, 0) is 49.1 Å². The number of benzene rings is 1. The molecule has 1 saturated heterocycles. The maximum absolute atomic E-state index is 6.31. The van der Waals surface area contributed by atoms with E-state index in [-0.39, 0.29) is 6.04 Å². The Hall–Kier alpha value is -1.07. The van der Waals surface area contributed by atoms with Crippen molar-refractivity contribution in [2.45, 2.75) is 19.9 Å². The second-order valence-electron chi connectivity index (χ2n) is 5.83. The van der Waals surface area contributed by atoms with Gasteiger partial charge in [0.1, 0.15) is 5.75 Å². The number of rotatable bonds is 5. The summed E-state index contributed by atoms with van der Waals surface area (Å²) in [7, 11) is 0. The predicted molar refractivity (Wildman–Crippen MR) is 98.0 cm³/mol. The molecule has 3 rings (SSSR count). The third-order valence-corrected chi connectivity index (χ3v) is 5.44. The highest BCUT2D eigenvalue weighted by Crippen LogP contribution is 2.39. The molecule has 1 aromatic carbocycles. The molecule has 0 spiro atoms. The second-order valence-corrected chi connectivity index (χ2v) is 7.21. The van der Waals surface area contributed by atoms with Crippen LogP contribution in [0.1, 0.15) is 29.0 Å². The zero-order valence-electron chi connectivity index (χ0n) is 13.6. The van der Waals surface area contributed by atoms with E-state index in [1.54, 1.807) is 0 Å². The summed E-state index contributed by atoms with van der Waals surface area (Å²) in [6, 6.07) is 8.46. The maximum Gasteiger partial charge on any atom is 0.124 e. The molecular weight excluding hydrogens is 328 g/mol. The van der Waals surface area contributed by atoms with E-state index in [1.165, 1.54) is 16.0 Å². The van der Waals surface area contributed by atoms with Crippen LogP contribution in [0.2, 0.25) is 5.02 Å². The Labute approximate surface area is 147 Å². The lowest BCUT2D eigenvalue weighted by atomic mass is 10.0. The average Bonchev–Trinajstić information content (AvgIpc) is 2.97. The molecule has 2 aromatic rings. The monoisotopic (exact) mass is 350 g/mol. The van der Waals surface area contributed by atoms with Gasteiger partial charge < -0.3 is 10.1 Å². The molecule has 1 unspecified atom stereocenters. The third-order valence-electron chi connectivity index (χ3n) is 4.10. The van der Waals surface area contributed by atoms with Crippen molar-refractivity contribution in [2.75, 3.05) is 32.8 Å². The normalized spacial score (nSPS) is 17.2. The van der Waals surface area contributed by atoms with Crippen LogP contribution in [0.5, 0.6) is 5.75 Å². The van der Waals surface area contributed by atoms with E-state index in [4.69, 9.17) is 16.3 Å². The lowest BCUT2D eigenvalue weighted by Crippen LogP contribution is -2.45. The Kier molecular flexibility index (Phi) is 5.59. The van der Waals surface area contributed by atoms with Gasteiger partial charge in [0.15, 0.2) is 0 Å². The van der Waals surface area contributed by atoms with Crippen molar-refractivity contribution in [1.82, 2.24) is 10.2 Å². The molecule has 0 amide bonds. The summed E-state index contributed by atoms with van der Waals surface area (Å²) >= 11 is 8.13. The first-order chi connectivity index (χ1) is 11.2. The van der Waals surface area contributed by atoms with Crippen LogP contribution in [-0.4, -0.2) is 37.7 Å². The van der Waals surface area contributed by atoms with Crippen LogP contribution in [0.25, 0.3) is 0 Å². The van der Waals surface area contributed by atoms with Crippen LogP contribution in [0.3, 0.4) is 0 Å². The topological polar surface area (TPSA) is 24.5 Å². The van der Waals surface area contributed by atoms with Crippen LogP contribution in [0.15, 0.2) is 29.6 Å². The first-order valence-corrected chi connectivity index (χ1v) is 9.37. The fourth-order valence-electron chi connectivity index (χ4n) is 3.09. The maximum atomic E-state index is 6.31. The minimum absolute atomic E-state index is 0.205. The highest BCUT2D eigenvalue weighted by molar-refractivity contribution is 7.10. The number of hydrogen-bond acceptors (Lipinski definition) is 4. The van der Waals surface area contributed by atoms with Gasteiger partial charge in [-0.3, -0.25) is 4.90 Å². The van der Waals surface area contributed by atoms with E-state index in [9.17, 15) is 0 Å². The first kappa shape index (κ1) is 16.8. The minimum atomic E-state index is 0.205. The lowest BCUT2D eigenvalue weighted by Gasteiger charge is -2.35. The molecule has 5 heteroatoms. The van der Waals surface area contributed by atoms with E-state index in [0.717, 1.165) is 37.0 Å². The molecule has 0 aliphatic carbocycles. The van der Waals surface area contributed by atoms with Crippen molar-refractivity contribution >= 4 is 22.9 Å². The lowest BCUT2D eigenvalue weighted by molar-refractivity contribution is 0.196. The highest BCUT2D eigenvalue weighted by atomic mass is 35.5. The van der Waals surface area contributed by atoms with Crippen molar-refractivity contribution < 1.29 is 4.74 Å². The summed E-state index contributed by atoms with van der Waals surface area (Å²) in [6.45, 7) is 8.92. The predicted octanol–water partition coefficient (Wildman–Crippen LogP) is 4.10. The fraction of sp³-hybridized carbons (Fsp3) is 0.444. The van der Waals surface area contributed by atoms with Gasteiger partial charge in [0.25, 0.3) is 0 Å². The standard InChI is InChI=1S/C18H23ClN2OS/c1-3-22-16-5-4-14(19)11-15(16)18(17-10-13(2)12-23-17)21-8-6-20-7-9-21/h4-5,10-12,18,20H,3,6-9H2,1-2H3. The number of nitrogens with one attached hydrogen (secondary N) is 1. The van der Waals surface area contributed by atoms with Gasteiger partial charge in [-0.2, -0.15) is 0 Å². The van der Waals surface area contributed by atoms with E-state index in [1.807, 2.05) is 30.4 Å². The summed E-state index contributed by atoms with van der Waals surface area (Å²) < 4.78 is 5.90. The summed E-state index contributed by atoms with van der Waals surface area (Å²) in [5, 5.41) is 6.41. The van der Waals surface area contributed by atoms with Gasteiger partial charge in [-0.15, -0.1) is 11.3 Å². The number of piperazine rings is 1. The van der Waals surface area contributed by atoms with Gasteiger partial charge in [0.2, 0.25) is 0 Å². The third kappa shape index (κ3) is 3.89. The van der Waals surface area contributed by atoms with Crippen molar-refractivity contribution in [3.8, 4) is 5.75 Å². The van der Waals surface area contributed by atoms with E-state index >= 15 is 0 Å². The van der Waals surface area contributed by atoms with Crippen molar-refractivity contribution in [3.63, 3.8) is 0 Å². The average molecular weight is 351 g/mol. The van der Waals surface area contributed by atoms with Gasteiger partial charge >= 0.3 is 0 Å². The van der Waals surface area contributed by atoms with Gasteiger partial charge in [-0.25, -0.2) is 0 Å². The molecule has 1 atom stereocenters. The van der Waals surface area contributed by atoms with E-state index in [0.29, 0.717) is 6.61 Å². The Morgan fingerprint density at radius 3 is 2.74 bits per heavy atom. The molecule has 1 fully saturated rings. The van der Waals surface area contributed by atoms with Crippen molar-refractivity contribution in [2.24, 2.45) is 0 Å². The Morgan fingerprint density at radius 1 is 1.30 bits per heavy atom. The summed E-state index contributed by atoms with van der Waals surface area (Å²) in [4.78, 5) is 3.88. The van der Waals surface area contributed by atoms with Gasteiger partial charge in [0, 0.05) is 41.6 Å². The molecule has 1 N–H and O–H groups in total. The van der Waals surface area contributed by atoms with Crippen molar-refractivity contribution in [1.29, 1.82) is 0 Å². The van der Waals surface area contributed by atoms with Crippen LogP contribution in [0, 0.1) is 6.92 Å². The fourth-order valence-corrected chi connectivity index (χ4v) is 4.32. The number of aryl methyl sites for hydroxylation is 1. The van der Waals surface area contributed by atoms with Crippen LogP contribution >= 0.6 is 22.9 Å². The van der Waals surface area contributed by atoms with E-state index in [2.05, 4.69) is 34.7 Å². The van der Waals surface area contributed by atoms with Crippen LogP contribution in [-0.2, 0) is 0 Å². The highest BCUT2D eigenvalue weighted by Gasteiger charge is 2.28. The van der Waals surface area contributed by atoms with Crippen molar-refractivity contribution in [3.05, 3.63) is 50.7 Å². The van der Waals surface area contributed by atoms with E-state index < -0.39 is 0 Å². The largest absolute Gasteiger partial charge is 0.494 e. The number of hydrogen-bond donors (Lipinski definition) is 1. The zero-order chi connectivity index (χ0) is 16.2. The smallest absolute Gasteiger partial charge is 0.124 e. The SMILES string of the molecule is CCOc1ccc(Cl)cc1C(c1cc(C)cs1)N1CCNCC1. The van der Waals surface area contributed by atoms with Crippen LogP contribution in [0.4, 0.5) is 0 Å². The quantitative estimate of drug-likeness (QED) is 0.878. The molecule has 1 aromatic heterocycles. The molecular formula is C18H23ClN2OS. The molecule has 0 bridgehead atoms. The molecule has 1 aliphatic rings. The minimum Gasteiger partial charge on any atom is -0.494 e. The molecule has 1 aliphatic heterocycles.